The number of hydrogen-bond acceptors (Lipinski definition) is 5. The van der Waals surface area contributed by atoms with E-state index in [0.717, 1.165) is 30.6 Å². The van der Waals surface area contributed by atoms with Crippen molar-refractivity contribution in [1.29, 1.82) is 0 Å². The average Bonchev–Trinajstić information content (AvgIpc) is 3.04. The van der Waals surface area contributed by atoms with Crippen molar-refractivity contribution in [2.24, 2.45) is 0 Å². The van der Waals surface area contributed by atoms with E-state index in [-0.39, 0.29) is 4.90 Å². The lowest BCUT2D eigenvalue weighted by Gasteiger charge is -2.12. The van der Waals surface area contributed by atoms with Gasteiger partial charge in [-0.2, -0.15) is 0 Å². The Morgan fingerprint density at radius 1 is 1.17 bits per heavy atom. The summed E-state index contributed by atoms with van der Waals surface area (Å²) in [5.74, 6) is 0. The molecule has 1 aliphatic rings. The second kappa shape index (κ2) is 5.85. The summed E-state index contributed by atoms with van der Waals surface area (Å²) in [6, 6.07) is 6.70. The Morgan fingerprint density at radius 3 is 2.79 bits per heavy atom. The summed E-state index contributed by atoms with van der Waals surface area (Å²) >= 11 is 0. The van der Waals surface area contributed by atoms with Gasteiger partial charge in [0.1, 0.15) is 4.90 Å². The summed E-state index contributed by atoms with van der Waals surface area (Å²) in [5, 5.41) is 3.27. The molecule has 3 aromatic heterocycles. The first-order valence-electron chi connectivity index (χ1n) is 7.70. The Morgan fingerprint density at radius 2 is 2.04 bits per heavy atom. The van der Waals surface area contributed by atoms with Gasteiger partial charge >= 0.3 is 0 Å². The molecule has 0 amide bonds. The summed E-state index contributed by atoms with van der Waals surface area (Å²) in [5.41, 5.74) is 3.28. The van der Waals surface area contributed by atoms with E-state index in [1.807, 2.05) is 0 Å². The topological polar surface area (TPSA) is 76.9 Å². The summed E-state index contributed by atoms with van der Waals surface area (Å²) < 4.78 is 27.3. The van der Waals surface area contributed by atoms with E-state index >= 15 is 0 Å². The highest BCUT2D eigenvalue weighted by Gasteiger charge is 2.23. The fourth-order valence-electron chi connectivity index (χ4n) is 2.94. The molecule has 0 saturated carbocycles. The fraction of sp³-hybridized carbons (Fsp3) is 0.176. The van der Waals surface area contributed by atoms with Gasteiger partial charge in [0.15, 0.2) is 0 Å². The first-order valence-corrected chi connectivity index (χ1v) is 9.14. The molecule has 1 aliphatic heterocycles. The van der Waals surface area contributed by atoms with Crippen molar-refractivity contribution in [3.05, 3.63) is 60.7 Å². The highest BCUT2D eigenvalue weighted by Crippen LogP contribution is 2.30. The first kappa shape index (κ1) is 15.0. The summed E-state index contributed by atoms with van der Waals surface area (Å²) in [4.78, 5) is 8.51. The summed E-state index contributed by atoms with van der Waals surface area (Å²) in [6.07, 6.45) is 9.23. The van der Waals surface area contributed by atoms with Gasteiger partial charge in [-0.3, -0.25) is 9.97 Å². The molecule has 4 heterocycles. The number of fused-ring (bicyclic) bond motifs is 1. The smallest absolute Gasteiger partial charge is 0.269 e. The lowest BCUT2D eigenvalue weighted by atomic mass is 10.0. The number of aromatic nitrogens is 3. The van der Waals surface area contributed by atoms with Crippen LogP contribution in [0.1, 0.15) is 12.0 Å². The van der Waals surface area contributed by atoms with Crippen LogP contribution < -0.4 is 5.32 Å². The zero-order valence-corrected chi connectivity index (χ0v) is 13.7. The molecule has 0 fully saturated rings. The van der Waals surface area contributed by atoms with Crippen molar-refractivity contribution >= 4 is 26.6 Å². The number of nitrogens with zero attached hydrogens (tertiary/aromatic N) is 3. The number of hydrogen-bond donors (Lipinski definition) is 1. The molecule has 0 spiro atoms. The minimum Gasteiger partial charge on any atom is -0.313 e. The van der Waals surface area contributed by atoms with Crippen LogP contribution in [0.4, 0.5) is 0 Å². The molecule has 4 rings (SSSR count). The van der Waals surface area contributed by atoms with E-state index in [0.29, 0.717) is 11.0 Å². The maximum Gasteiger partial charge on any atom is 0.269 e. The molecule has 122 valence electrons. The largest absolute Gasteiger partial charge is 0.313 e. The highest BCUT2D eigenvalue weighted by atomic mass is 32.2. The second-order valence-corrected chi connectivity index (χ2v) is 7.40. The van der Waals surface area contributed by atoms with E-state index in [4.69, 9.17) is 0 Å². The summed E-state index contributed by atoms with van der Waals surface area (Å²) in [6.45, 7) is 1.66. The SMILES string of the molecule is O=S(=O)(c1cccnc1)n1cc(C2=CCNCC2)c2ncccc21. The van der Waals surface area contributed by atoms with Gasteiger partial charge in [0.25, 0.3) is 10.0 Å². The maximum atomic E-state index is 13.0. The van der Waals surface area contributed by atoms with Crippen molar-refractivity contribution in [2.45, 2.75) is 11.3 Å². The number of pyridine rings is 2. The van der Waals surface area contributed by atoms with Gasteiger partial charge in [0.2, 0.25) is 0 Å². The lowest BCUT2D eigenvalue weighted by Crippen LogP contribution is -2.20. The van der Waals surface area contributed by atoms with Crippen LogP contribution >= 0.6 is 0 Å². The highest BCUT2D eigenvalue weighted by molar-refractivity contribution is 7.90. The van der Waals surface area contributed by atoms with E-state index in [2.05, 4.69) is 21.4 Å². The molecule has 3 aromatic rings. The minimum atomic E-state index is -3.71. The molecule has 6 nitrogen and oxygen atoms in total. The lowest BCUT2D eigenvalue weighted by molar-refractivity contribution is 0.588. The van der Waals surface area contributed by atoms with Gasteiger partial charge in [-0.15, -0.1) is 0 Å². The van der Waals surface area contributed by atoms with E-state index < -0.39 is 10.0 Å². The molecule has 0 atom stereocenters. The molecule has 0 saturated heterocycles. The number of rotatable bonds is 3. The Balaban J connectivity index is 1.96. The molecule has 0 radical (unpaired) electrons. The third kappa shape index (κ3) is 2.42. The van der Waals surface area contributed by atoms with Crippen LogP contribution in [-0.4, -0.2) is 35.4 Å². The van der Waals surface area contributed by atoms with E-state index in [1.165, 1.54) is 10.2 Å². The molecular weight excluding hydrogens is 324 g/mol. The molecule has 0 unspecified atom stereocenters. The summed E-state index contributed by atoms with van der Waals surface area (Å²) in [7, 11) is -3.71. The average molecular weight is 340 g/mol. The van der Waals surface area contributed by atoms with Crippen LogP contribution in [0.15, 0.2) is 60.0 Å². The van der Waals surface area contributed by atoms with Crippen LogP contribution in [0, 0.1) is 0 Å². The van der Waals surface area contributed by atoms with Crippen molar-refractivity contribution in [2.75, 3.05) is 13.1 Å². The second-order valence-electron chi connectivity index (χ2n) is 5.59. The molecule has 0 bridgehead atoms. The van der Waals surface area contributed by atoms with Crippen LogP contribution in [0.25, 0.3) is 16.6 Å². The predicted octanol–water partition coefficient (Wildman–Crippen LogP) is 2.04. The van der Waals surface area contributed by atoms with E-state index in [9.17, 15) is 8.42 Å². The molecule has 24 heavy (non-hydrogen) atoms. The Hall–Kier alpha value is -2.51. The molecule has 7 heteroatoms. The fourth-order valence-corrected chi connectivity index (χ4v) is 4.27. The van der Waals surface area contributed by atoms with Crippen molar-refractivity contribution in [3.63, 3.8) is 0 Å². The van der Waals surface area contributed by atoms with Gasteiger partial charge < -0.3 is 5.32 Å². The zero-order chi connectivity index (χ0) is 16.6. The molecule has 0 aliphatic carbocycles. The maximum absolute atomic E-state index is 13.0. The number of nitrogens with one attached hydrogen (secondary N) is 1. The predicted molar refractivity (Wildman–Crippen MR) is 92.0 cm³/mol. The van der Waals surface area contributed by atoms with Crippen molar-refractivity contribution in [1.82, 2.24) is 19.3 Å². The van der Waals surface area contributed by atoms with Gasteiger partial charge in [-0.1, -0.05) is 6.08 Å². The van der Waals surface area contributed by atoms with Gasteiger partial charge in [-0.25, -0.2) is 12.4 Å². The zero-order valence-electron chi connectivity index (χ0n) is 12.9. The normalized spacial score (nSPS) is 15.4. The van der Waals surface area contributed by atoms with E-state index in [1.54, 1.807) is 42.9 Å². The van der Waals surface area contributed by atoms with Crippen LogP contribution in [0.5, 0.6) is 0 Å². The first-order chi connectivity index (χ1) is 11.7. The van der Waals surface area contributed by atoms with Crippen LogP contribution in [0.2, 0.25) is 0 Å². The minimum absolute atomic E-state index is 0.164. The quantitative estimate of drug-likeness (QED) is 0.789. The Kier molecular flexibility index (Phi) is 3.66. The van der Waals surface area contributed by atoms with Gasteiger partial charge in [-0.05, 0) is 42.8 Å². The Bertz CT molecular complexity index is 1020. The van der Waals surface area contributed by atoms with Crippen molar-refractivity contribution < 1.29 is 8.42 Å². The molecule has 0 aromatic carbocycles. The standard InChI is InChI=1S/C17H16N4O2S/c22-24(23,14-3-1-7-19-11-14)21-12-15(13-5-9-18-10-6-13)17-16(21)4-2-8-20-17/h1-5,7-8,11-12,18H,6,9-10H2. The van der Waals surface area contributed by atoms with Gasteiger partial charge in [0, 0.05) is 36.9 Å². The molecular formula is C17H16N4O2S. The molecule has 1 N–H and O–H groups in total. The van der Waals surface area contributed by atoms with Crippen LogP contribution in [-0.2, 0) is 10.0 Å². The third-order valence-corrected chi connectivity index (χ3v) is 5.78. The van der Waals surface area contributed by atoms with Crippen LogP contribution in [0.3, 0.4) is 0 Å². The Labute approximate surface area is 139 Å². The van der Waals surface area contributed by atoms with Crippen molar-refractivity contribution in [3.8, 4) is 0 Å². The third-order valence-electron chi connectivity index (χ3n) is 4.13. The van der Waals surface area contributed by atoms with Gasteiger partial charge in [0.05, 0.1) is 11.0 Å². The monoisotopic (exact) mass is 340 g/mol.